The molecule has 3 aromatic rings. The molecule has 162 valence electrons. The van der Waals surface area contributed by atoms with Gasteiger partial charge in [-0.05, 0) is 42.2 Å². The van der Waals surface area contributed by atoms with Crippen LogP contribution in [0.25, 0.3) is 0 Å². The fraction of sp³-hybridized carbons (Fsp3) is 0.348. The summed E-state index contributed by atoms with van der Waals surface area (Å²) in [6, 6.07) is 15.1. The molecule has 0 bridgehead atoms. The number of methoxy groups -OCH3 is 1. The molecular formula is C23H25ClN4O3. The number of carbonyl (C=O) groups excluding carboxylic acids is 1. The summed E-state index contributed by atoms with van der Waals surface area (Å²) in [6.45, 7) is 1.72. The maximum Gasteiger partial charge on any atom is 0.343 e. The van der Waals surface area contributed by atoms with Crippen molar-refractivity contribution in [3.63, 3.8) is 0 Å². The van der Waals surface area contributed by atoms with Crippen molar-refractivity contribution < 1.29 is 9.53 Å². The molecule has 1 saturated heterocycles. The largest absolute Gasteiger partial charge is 0.497 e. The number of H-pyrrole nitrogens is 1. The van der Waals surface area contributed by atoms with Crippen LogP contribution in [0.3, 0.4) is 0 Å². The minimum atomic E-state index is -0.219. The molecule has 2 heterocycles. The molecule has 0 atom stereocenters. The molecule has 1 amide bonds. The van der Waals surface area contributed by atoms with Gasteiger partial charge >= 0.3 is 5.69 Å². The molecule has 1 aliphatic heterocycles. The first kappa shape index (κ1) is 21.2. The highest BCUT2D eigenvalue weighted by Gasteiger charge is 2.27. The van der Waals surface area contributed by atoms with E-state index in [1.54, 1.807) is 17.7 Å². The van der Waals surface area contributed by atoms with Gasteiger partial charge in [0, 0.05) is 24.0 Å². The fourth-order valence-electron chi connectivity index (χ4n) is 4.01. The van der Waals surface area contributed by atoms with Crippen molar-refractivity contribution in [2.24, 2.45) is 0 Å². The van der Waals surface area contributed by atoms with E-state index in [1.165, 1.54) is 0 Å². The molecule has 0 saturated carbocycles. The van der Waals surface area contributed by atoms with Crippen LogP contribution < -0.4 is 10.4 Å². The van der Waals surface area contributed by atoms with E-state index in [1.807, 2.05) is 47.4 Å². The Balaban J connectivity index is 1.40. The van der Waals surface area contributed by atoms with Gasteiger partial charge in [-0.15, -0.1) is 0 Å². The normalized spacial score (nSPS) is 14.6. The Bertz CT molecular complexity index is 1100. The van der Waals surface area contributed by atoms with Gasteiger partial charge in [-0.2, -0.15) is 5.10 Å². The second-order valence-corrected chi connectivity index (χ2v) is 8.15. The molecule has 1 aliphatic rings. The Hall–Kier alpha value is -3.06. The molecular weight excluding hydrogens is 416 g/mol. The fourth-order valence-corrected chi connectivity index (χ4v) is 4.21. The van der Waals surface area contributed by atoms with Gasteiger partial charge in [0.15, 0.2) is 0 Å². The highest BCUT2D eigenvalue weighted by molar-refractivity contribution is 6.31. The number of carbonyl (C=O) groups is 1. The minimum Gasteiger partial charge on any atom is -0.497 e. The average molecular weight is 441 g/mol. The van der Waals surface area contributed by atoms with Gasteiger partial charge in [-0.25, -0.2) is 9.89 Å². The summed E-state index contributed by atoms with van der Waals surface area (Å²) in [6.07, 6.45) is 1.83. The van der Waals surface area contributed by atoms with Crippen molar-refractivity contribution in [3.8, 4) is 5.75 Å². The van der Waals surface area contributed by atoms with Crippen LogP contribution in [0.5, 0.6) is 5.75 Å². The second-order valence-electron chi connectivity index (χ2n) is 7.74. The maximum atomic E-state index is 12.7. The molecule has 4 rings (SSSR count). The van der Waals surface area contributed by atoms with Gasteiger partial charge in [0.05, 0.1) is 20.1 Å². The lowest BCUT2D eigenvalue weighted by atomic mass is 9.95. The SMILES string of the molecule is COc1ccc(Cn2c(C3CCN(C(=O)Cc4ccccc4Cl)CC3)n[nH]c2=O)cc1. The summed E-state index contributed by atoms with van der Waals surface area (Å²) in [5, 5.41) is 7.50. The van der Waals surface area contributed by atoms with Crippen LogP contribution in [-0.2, 0) is 17.8 Å². The van der Waals surface area contributed by atoms with E-state index in [4.69, 9.17) is 16.3 Å². The highest BCUT2D eigenvalue weighted by atomic mass is 35.5. The third kappa shape index (κ3) is 4.82. The molecule has 1 N–H and O–H groups in total. The number of amides is 1. The minimum absolute atomic E-state index is 0.0733. The molecule has 0 radical (unpaired) electrons. The highest BCUT2D eigenvalue weighted by Crippen LogP contribution is 2.27. The molecule has 0 spiro atoms. The predicted molar refractivity (Wildman–Crippen MR) is 119 cm³/mol. The number of nitrogens with one attached hydrogen (secondary N) is 1. The molecule has 0 aliphatic carbocycles. The van der Waals surface area contributed by atoms with Crippen LogP contribution in [0.1, 0.15) is 35.7 Å². The van der Waals surface area contributed by atoms with E-state index in [0.717, 1.165) is 35.5 Å². The molecule has 31 heavy (non-hydrogen) atoms. The Morgan fingerprint density at radius 1 is 1.16 bits per heavy atom. The summed E-state index contributed by atoms with van der Waals surface area (Å²) >= 11 is 6.19. The van der Waals surface area contributed by atoms with E-state index in [9.17, 15) is 9.59 Å². The number of piperidine rings is 1. The van der Waals surface area contributed by atoms with Gasteiger partial charge in [0.1, 0.15) is 11.6 Å². The van der Waals surface area contributed by atoms with Crippen LogP contribution >= 0.6 is 11.6 Å². The van der Waals surface area contributed by atoms with Crippen LogP contribution in [0.2, 0.25) is 5.02 Å². The molecule has 0 unspecified atom stereocenters. The second kappa shape index (κ2) is 9.39. The number of halogens is 1. The number of benzene rings is 2. The van der Waals surface area contributed by atoms with Crippen molar-refractivity contribution in [2.75, 3.05) is 20.2 Å². The maximum absolute atomic E-state index is 12.7. The number of nitrogens with zero attached hydrogens (tertiary/aromatic N) is 3. The Labute approximate surface area is 185 Å². The number of aromatic amines is 1. The molecule has 1 aromatic heterocycles. The number of aromatic nitrogens is 3. The Morgan fingerprint density at radius 2 is 1.87 bits per heavy atom. The van der Waals surface area contributed by atoms with Crippen molar-refractivity contribution >= 4 is 17.5 Å². The van der Waals surface area contributed by atoms with Gasteiger partial charge in [-0.1, -0.05) is 41.9 Å². The lowest BCUT2D eigenvalue weighted by molar-refractivity contribution is -0.131. The van der Waals surface area contributed by atoms with Crippen molar-refractivity contribution in [1.82, 2.24) is 19.7 Å². The van der Waals surface area contributed by atoms with Crippen molar-refractivity contribution in [2.45, 2.75) is 31.7 Å². The van der Waals surface area contributed by atoms with Crippen molar-refractivity contribution in [3.05, 3.63) is 81.0 Å². The first-order valence-corrected chi connectivity index (χ1v) is 10.7. The van der Waals surface area contributed by atoms with E-state index in [-0.39, 0.29) is 17.5 Å². The first-order chi connectivity index (χ1) is 15.0. The summed E-state index contributed by atoms with van der Waals surface area (Å²) < 4.78 is 6.88. The third-order valence-electron chi connectivity index (χ3n) is 5.80. The summed E-state index contributed by atoms with van der Waals surface area (Å²) in [7, 11) is 1.62. The lowest BCUT2D eigenvalue weighted by Crippen LogP contribution is -2.39. The molecule has 2 aromatic carbocycles. The first-order valence-electron chi connectivity index (χ1n) is 10.3. The summed E-state index contributed by atoms with van der Waals surface area (Å²) in [4.78, 5) is 26.9. The number of likely N-dealkylation sites (tertiary alicyclic amines) is 1. The van der Waals surface area contributed by atoms with Crippen LogP contribution in [-0.4, -0.2) is 45.8 Å². The smallest absolute Gasteiger partial charge is 0.343 e. The average Bonchev–Trinajstić information content (AvgIpc) is 3.16. The molecule has 8 heteroatoms. The third-order valence-corrected chi connectivity index (χ3v) is 6.17. The number of hydrogen-bond acceptors (Lipinski definition) is 4. The van der Waals surface area contributed by atoms with Gasteiger partial charge in [0.25, 0.3) is 0 Å². The Kier molecular flexibility index (Phi) is 6.42. The van der Waals surface area contributed by atoms with Gasteiger partial charge < -0.3 is 9.64 Å². The van der Waals surface area contributed by atoms with Crippen LogP contribution in [0, 0.1) is 0 Å². The van der Waals surface area contributed by atoms with Crippen LogP contribution in [0.15, 0.2) is 53.3 Å². The lowest BCUT2D eigenvalue weighted by Gasteiger charge is -2.31. The van der Waals surface area contributed by atoms with E-state index in [0.29, 0.717) is 31.1 Å². The Morgan fingerprint density at radius 3 is 2.55 bits per heavy atom. The number of hydrogen-bond donors (Lipinski definition) is 1. The van der Waals surface area contributed by atoms with E-state index < -0.39 is 0 Å². The standard InChI is InChI=1S/C23H25ClN4O3/c1-31-19-8-6-16(7-9-19)15-28-22(25-26-23(28)30)17-10-12-27(13-11-17)21(29)14-18-4-2-3-5-20(18)24/h2-9,17H,10-15H2,1H3,(H,26,30). The topological polar surface area (TPSA) is 80.2 Å². The zero-order chi connectivity index (χ0) is 21.8. The quantitative estimate of drug-likeness (QED) is 0.638. The van der Waals surface area contributed by atoms with Gasteiger partial charge in [0.2, 0.25) is 5.91 Å². The zero-order valence-corrected chi connectivity index (χ0v) is 18.1. The predicted octanol–water partition coefficient (Wildman–Crippen LogP) is 3.23. The summed E-state index contributed by atoms with van der Waals surface area (Å²) in [5.41, 5.74) is 1.62. The van der Waals surface area contributed by atoms with Crippen molar-refractivity contribution in [1.29, 1.82) is 0 Å². The summed E-state index contributed by atoms with van der Waals surface area (Å²) in [5.74, 6) is 1.72. The van der Waals surface area contributed by atoms with Crippen LogP contribution in [0.4, 0.5) is 0 Å². The zero-order valence-electron chi connectivity index (χ0n) is 17.4. The number of ether oxygens (including phenoxy) is 1. The molecule has 7 nitrogen and oxygen atoms in total. The number of rotatable bonds is 6. The monoisotopic (exact) mass is 440 g/mol. The van der Waals surface area contributed by atoms with E-state index in [2.05, 4.69) is 10.2 Å². The van der Waals surface area contributed by atoms with E-state index >= 15 is 0 Å². The van der Waals surface area contributed by atoms with Gasteiger partial charge in [-0.3, -0.25) is 9.36 Å². The molecule has 1 fully saturated rings.